The van der Waals surface area contributed by atoms with Crippen LogP contribution >= 0.6 is 0 Å². The van der Waals surface area contributed by atoms with Crippen LogP contribution in [0.5, 0.6) is 0 Å². The molecular weight excluding hydrogens is 201 g/mol. The smallest absolute Gasteiger partial charge is 0.127 e. The topological polar surface area (TPSA) is 3.24 Å². The number of likely N-dealkylation sites (tertiary alicyclic amines) is 1. The zero-order valence-corrected chi connectivity index (χ0v) is 9.75. The minimum Gasteiger partial charge on any atom is -0.303 e. The Kier molecular flexibility index (Phi) is 2.47. The number of fused-ring (bicyclic) bond motifs is 3. The van der Waals surface area contributed by atoms with Crippen LogP contribution in [0.4, 0.5) is 4.39 Å². The zero-order valence-electron chi connectivity index (χ0n) is 9.75. The van der Waals surface area contributed by atoms with Gasteiger partial charge in [0.05, 0.1) is 0 Å². The summed E-state index contributed by atoms with van der Waals surface area (Å²) >= 11 is 0. The fourth-order valence-corrected chi connectivity index (χ4v) is 3.50. The van der Waals surface area contributed by atoms with Crippen molar-refractivity contribution in [3.8, 4) is 0 Å². The van der Waals surface area contributed by atoms with Crippen LogP contribution < -0.4 is 0 Å². The van der Waals surface area contributed by atoms with E-state index in [1.165, 1.54) is 24.9 Å². The van der Waals surface area contributed by atoms with Crippen LogP contribution in [-0.4, -0.2) is 24.5 Å². The molecule has 1 fully saturated rings. The van der Waals surface area contributed by atoms with Gasteiger partial charge < -0.3 is 4.90 Å². The molecule has 1 saturated heterocycles. The Morgan fingerprint density at radius 2 is 2.19 bits per heavy atom. The van der Waals surface area contributed by atoms with Crippen molar-refractivity contribution in [2.45, 2.75) is 37.6 Å². The van der Waals surface area contributed by atoms with E-state index < -0.39 is 0 Å². The molecule has 86 valence electrons. The number of piperidine rings is 1. The Morgan fingerprint density at radius 3 is 3.06 bits per heavy atom. The molecule has 0 N–H and O–H groups in total. The molecule has 0 aromatic heterocycles. The molecule has 16 heavy (non-hydrogen) atoms. The lowest BCUT2D eigenvalue weighted by molar-refractivity contribution is 0.141. The van der Waals surface area contributed by atoms with Gasteiger partial charge in [-0.15, -0.1) is 0 Å². The molecule has 2 aliphatic rings. The Bertz CT molecular complexity index is 402. The molecule has 0 amide bonds. The van der Waals surface area contributed by atoms with E-state index in [9.17, 15) is 4.39 Å². The highest BCUT2D eigenvalue weighted by atomic mass is 19.1. The molecule has 1 aliphatic heterocycles. The van der Waals surface area contributed by atoms with Crippen molar-refractivity contribution in [3.63, 3.8) is 0 Å². The number of nitrogens with zero attached hydrogens (tertiary/aromatic N) is 1. The highest BCUT2D eigenvalue weighted by Gasteiger charge is 2.35. The number of hydrogen-bond acceptors (Lipinski definition) is 1. The van der Waals surface area contributed by atoms with Crippen molar-refractivity contribution in [3.05, 3.63) is 35.1 Å². The van der Waals surface area contributed by atoms with Gasteiger partial charge in [-0.05, 0) is 56.5 Å². The van der Waals surface area contributed by atoms with E-state index >= 15 is 0 Å². The van der Waals surface area contributed by atoms with E-state index in [1.54, 1.807) is 6.07 Å². The van der Waals surface area contributed by atoms with E-state index in [4.69, 9.17) is 0 Å². The van der Waals surface area contributed by atoms with Gasteiger partial charge >= 0.3 is 0 Å². The third-order valence-electron chi connectivity index (χ3n) is 4.28. The molecule has 3 rings (SSSR count). The van der Waals surface area contributed by atoms with Gasteiger partial charge in [0.2, 0.25) is 0 Å². The first-order chi connectivity index (χ1) is 7.77. The highest BCUT2D eigenvalue weighted by molar-refractivity contribution is 5.36. The number of likely N-dealkylation sites (N-methyl/N-ethyl adjacent to an activating group) is 1. The van der Waals surface area contributed by atoms with Crippen LogP contribution in [0.15, 0.2) is 18.2 Å². The molecule has 2 atom stereocenters. The largest absolute Gasteiger partial charge is 0.303 e. The van der Waals surface area contributed by atoms with Gasteiger partial charge in [-0.2, -0.15) is 0 Å². The van der Waals surface area contributed by atoms with Gasteiger partial charge in [0.15, 0.2) is 0 Å². The average molecular weight is 219 g/mol. The van der Waals surface area contributed by atoms with Gasteiger partial charge in [-0.1, -0.05) is 12.1 Å². The van der Waals surface area contributed by atoms with Crippen LogP contribution in [0.3, 0.4) is 0 Å². The third kappa shape index (κ3) is 1.47. The summed E-state index contributed by atoms with van der Waals surface area (Å²) < 4.78 is 14.0. The van der Waals surface area contributed by atoms with Crippen LogP contribution in [0.2, 0.25) is 0 Å². The summed E-state index contributed by atoms with van der Waals surface area (Å²) in [5.41, 5.74) is 2.27. The molecule has 2 heteroatoms. The molecule has 1 heterocycles. The maximum absolute atomic E-state index is 14.0. The van der Waals surface area contributed by atoms with Gasteiger partial charge in [0.25, 0.3) is 0 Å². The second-order valence-corrected chi connectivity index (χ2v) is 5.15. The monoisotopic (exact) mass is 219 g/mol. The van der Waals surface area contributed by atoms with E-state index in [0.29, 0.717) is 12.0 Å². The number of hydrogen-bond donors (Lipinski definition) is 0. The lowest BCUT2D eigenvalue weighted by atomic mass is 9.74. The summed E-state index contributed by atoms with van der Waals surface area (Å²) in [6, 6.07) is 6.14. The summed E-state index contributed by atoms with van der Waals surface area (Å²) in [6.07, 6.45) is 4.59. The lowest BCUT2D eigenvalue weighted by Gasteiger charge is -2.43. The van der Waals surface area contributed by atoms with Gasteiger partial charge in [0, 0.05) is 12.0 Å². The maximum atomic E-state index is 14.0. The number of aryl methyl sites for hydroxylation is 1. The summed E-state index contributed by atoms with van der Waals surface area (Å²) in [4.78, 5) is 2.42. The van der Waals surface area contributed by atoms with Crippen LogP contribution in [0, 0.1) is 5.82 Å². The Hall–Kier alpha value is -0.890. The van der Waals surface area contributed by atoms with E-state index in [0.717, 1.165) is 18.4 Å². The van der Waals surface area contributed by atoms with Crippen molar-refractivity contribution < 1.29 is 4.39 Å². The van der Waals surface area contributed by atoms with Crippen LogP contribution in [0.25, 0.3) is 0 Å². The maximum Gasteiger partial charge on any atom is 0.127 e. The van der Waals surface area contributed by atoms with Gasteiger partial charge in [0.1, 0.15) is 5.82 Å². The van der Waals surface area contributed by atoms with Crippen molar-refractivity contribution in [1.82, 2.24) is 4.90 Å². The molecule has 0 radical (unpaired) electrons. The minimum absolute atomic E-state index is 0.0162. The van der Waals surface area contributed by atoms with Crippen LogP contribution in [-0.2, 0) is 6.42 Å². The van der Waals surface area contributed by atoms with E-state index in [-0.39, 0.29) is 5.82 Å². The molecule has 1 nitrogen and oxygen atoms in total. The molecule has 1 aromatic carbocycles. The second kappa shape index (κ2) is 3.85. The molecule has 2 unspecified atom stereocenters. The van der Waals surface area contributed by atoms with E-state index in [2.05, 4.69) is 18.0 Å². The second-order valence-electron chi connectivity index (χ2n) is 5.15. The number of rotatable bonds is 0. The SMILES string of the molecule is CN1CCCC2c3c(F)cccc3CCC21. The predicted octanol–water partition coefficient (Wildman–Crippen LogP) is 2.95. The summed E-state index contributed by atoms with van der Waals surface area (Å²) in [5.74, 6) is 0.450. The summed E-state index contributed by atoms with van der Waals surface area (Å²) in [6.45, 7) is 1.17. The number of benzene rings is 1. The standard InChI is InChI=1S/C14H18FN/c1-16-9-3-5-11-13(16)8-7-10-4-2-6-12(15)14(10)11/h2,4,6,11,13H,3,5,7-9H2,1H3. The fourth-order valence-electron chi connectivity index (χ4n) is 3.50. The zero-order chi connectivity index (χ0) is 11.1. The Morgan fingerprint density at radius 1 is 1.31 bits per heavy atom. The van der Waals surface area contributed by atoms with Gasteiger partial charge in [-0.3, -0.25) is 0 Å². The molecule has 1 aromatic rings. The normalized spacial score (nSPS) is 29.6. The first-order valence-corrected chi connectivity index (χ1v) is 6.25. The minimum atomic E-state index is 0.0162. The quantitative estimate of drug-likeness (QED) is 0.648. The van der Waals surface area contributed by atoms with Crippen molar-refractivity contribution in [1.29, 1.82) is 0 Å². The molecule has 0 saturated carbocycles. The summed E-state index contributed by atoms with van der Waals surface area (Å²) in [5, 5.41) is 0. The fraction of sp³-hybridized carbons (Fsp3) is 0.571. The molecular formula is C14H18FN. The molecule has 0 spiro atoms. The lowest BCUT2D eigenvalue weighted by Crippen LogP contribution is -2.44. The van der Waals surface area contributed by atoms with Crippen molar-refractivity contribution >= 4 is 0 Å². The van der Waals surface area contributed by atoms with E-state index in [1.807, 2.05) is 6.07 Å². The highest BCUT2D eigenvalue weighted by Crippen LogP contribution is 2.41. The Balaban J connectivity index is 2.04. The first-order valence-electron chi connectivity index (χ1n) is 6.25. The predicted molar refractivity (Wildman–Crippen MR) is 63.1 cm³/mol. The Labute approximate surface area is 96.3 Å². The third-order valence-corrected chi connectivity index (χ3v) is 4.28. The number of halogens is 1. The molecule has 0 bridgehead atoms. The van der Waals surface area contributed by atoms with Crippen molar-refractivity contribution in [2.75, 3.05) is 13.6 Å². The average Bonchev–Trinajstić information content (AvgIpc) is 2.29. The van der Waals surface area contributed by atoms with Crippen LogP contribution in [0.1, 0.15) is 36.3 Å². The first kappa shape index (κ1) is 10.3. The van der Waals surface area contributed by atoms with Crippen molar-refractivity contribution in [2.24, 2.45) is 0 Å². The van der Waals surface area contributed by atoms with Gasteiger partial charge in [-0.25, -0.2) is 4.39 Å². The summed E-state index contributed by atoms with van der Waals surface area (Å²) in [7, 11) is 2.18. The molecule has 1 aliphatic carbocycles.